The lowest BCUT2D eigenvalue weighted by atomic mass is 10.1. The fourth-order valence-electron chi connectivity index (χ4n) is 2.33. The number of hydrogen-bond acceptors (Lipinski definition) is 3. The number of benzene rings is 2. The summed E-state index contributed by atoms with van der Waals surface area (Å²) >= 11 is 7.34. The summed E-state index contributed by atoms with van der Waals surface area (Å²) in [5.41, 5.74) is 2.80. The van der Waals surface area contributed by atoms with E-state index in [4.69, 9.17) is 11.6 Å². The van der Waals surface area contributed by atoms with Gasteiger partial charge in [-0.2, -0.15) is 0 Å². The third-order valence-corrected chi connectivity index (χ3v) is 4.78. The van der Waals surface area contributed by atoms with Crippen molar-refractivity contribution >= 4 is 44.2 Å². The minimum Gasteiger partial charge on any atom is -0.298 e. The Hall–Kier alpha value is -1.91. The first-order valence-electron chi connectivity index (χ1n) is 7.62. The number of hydrogen-bond donors (Lipinski definition) is 1. The number of anilines is 1. The summed E-state index contributed by atoms with van der Waals surface area (Å²) in [6.45, 7) is 2.19. The number of rotatable bonds is 5. The maximum Gasteiger partial charge on any atom is 0.257 e. The number of carbonyl (C=O) groups is 1. The van der Waals surface area contributed by atoms with Crippen molar-refractivity contribution in [2.45, 2.75) is 26.2 Å². The molecule has 0 saturated carbocycles. The lowest BCUT2D eigenvalue weighted by molar-refractivity contribution is 0.102. The van der Waals surface area contributed by atoms with E-state index >= 15 is 0 Å². The number of fused-ring (bicyclic) bond motifs is 1. The highest BCUT2D eigenvalue weighted by Crippen LogP contribution is 2.27. The zero-order valence-corrected chi connectivity index (χ0v) is 14.4. The molecule has 0 atom stereocenters. The molecule has 118 valence electrons. The second-order valence-corrected chi connectivity index (χ2v) is 6.85. The van der Waals surface area contributed by atoms with Gasteiger partial charge in [-0.05, 0) is 54.8 Å². The molecule has 2 aromatic carbocycles. The number of halogens is 1. The summed E-state index contributed by atoms with van der Waals surface area (Å²) in [6, 6.07) is 13.1. The van der Waals surface area contributed by atoms with Crippen molar-refractivity contribution in [2.75, 3.05) is 5.32 Å². The molecule has 0 fully saturated rings. The van der Waals surface area contributed by atoms with Crippen LogP contribution < -0.4 is 5.32 Å². The van der Waals surface area contributed by atoms with E-state index in [0.29, 0.717) is 15.7 Å². The Morgan fingerprint density at radius 1 is 1.22 bits per heavy atom. The molecule has 3 nitrogen and oxygen atoms in total. The third kappa shape index (κ3) is 3.89. The van der Waals surface area contributed by atoms with Gasteiger partial charge in [0.25, 0.3) is 5.91 Å². The Morgan fingerprint density at radius 3 is 2.74 bits per heavy atom. The van der Waals surface area contributed by atoms with Crippen molar-refractivity contribution in [1.29, 1.82) is 0 Å². The van der Waals surface area contributed by atoms with Crippen molar-refractivity contribution < 1.29 is 4.79 Å². The first-order valence-corrected chi connectivity index (χ1v) is 8.81. The fourth-order valence-corrected chi connectivity index (χ4v) is 3.38. The smallest absolute Gasteiger partial charge is 0.257 e. The number of aromatic nitrogens is 1. The normalized spacial score (nSPS) is 10.9. The topological polar surface area (TPSA) is 42.0 Å². The van der Waals surface area contributed by atoms with Gasteiger partial charge in [-0.1, -0.05) is 42.3 Å². The summed E-state index contributed by atoms with van der Waals surface area (Å²) < 4.78 is 1.10. The number of aryl methyl sites for hydroxylation is 1. The average Bonchev–Trinajstić information content (AvgIpc) is 2.94. The van der Waals surface area contributed by atoms with Crippen molar-refractivity contribution in [3.8, 4) is 0 Å². The largest absolute Gasteiger partial charge is 0.298 e. The van der Waals surface area contributed by atoms with E-state index in [9.17, 15) is 4.79 Å². The number of nitrogens with one attached hydrogen (secondary N) is 1. The highest BCUT2D eigenvalue weighted by atomic mass is 35.5. The number of thiazole rings is 1. The molecule has 23 heavy (non-hydrogen) atoms. The average molecular weight is 345 g/mol. The Morgan fingerprint density at radius 2 is 2.00 bits per heavy atom. The van der Waals surface area contributed by atoms with Gasteiger partial charge in [0, 0.05) is 10.6 Å². The van der Waals surface area contributed by atoms with Crippen molar-refractivity contribution in [3.05, 3.63) is 58.6 Å². The van der Waals surface area contributed by atoms with Gasteiger partial charge in [0.15, 0.2) is 5.13 Å². The lowest BCUT2D eigenvalue weighted by Gasteiger charge is -2.01. The standard InChI is InChI=1S/C18H17ClN2OS/c1-2-3-4-12-5-10-15-16(11-12)23-18(20-15)21-17(22)13-6-8-14(19)9-7-13/h5-11H,2-4H2,1H3,(H,20,21,22). The molecule has 0 radical (unpaired) electrons. The van der Waals surface area contributed by atoms with Gasteiger partial charge in [0.2, 0.25) is 0 Å². The maximum absolute atomic E-state index is 12.2. The van der Waals surface area contributed by atoms with E-state index < -0.39 is 0 Å². The molecule has 0 bridgehead atoms. The van der Waals surface area contributed by atoms with Crippen molar-refractivity contribution in [3.63, 3.8) is 0 Å². The molecule has 1 amide bonds. The van der Waals surface area contributed by atoms with Crippen LogP contribution in [0.1, 0.15) is 35.7 Å². The zero-order valence-electron chi connectivity index (χ0n) is 12.8. The van der Waals surface area contributed by atoms with Gasteiger partial charge in [-0.3, -0.25) is 10.1 Å². The van der Waals surface area contributed by atoms with Crippen LogP contribution in [-0.2, 0) is 6.42 Å². The van der Waals surface area contributed by atoms with Gasteiger partial charge in [0.05, 0.1) is 10.2 Å². The summed E-state index contributed by atoms with van der Waals surface area (Å²) in [6.07, 6.45) is 3.45. The Kier molecular flexibility index (Phi) is 4.94. The lowest BCUT2D eigenvalue weighted by Crippen LogP contribution is -2.11. The van der Waals surface area contributed by atoms with Crippen molar-refractivity contribution in [2.24, 2.45) is 0 Å². The Bertz CT molecular complexity index is 827. The first kappa shape index (κ1) is 16.0. The number of amides is 1. The fraction of sp³-hybridized carbons (Fsp3) is 0.222. The molecule has 3 aromatic rings. The molecular formula is C18H17ClN2OS. The molecule has 0 unspecified atom stereocenters. The van der Waals surface area contributed by atoms with Crippen LogP contribution >= 0.6 is 22.9 Å². The third-order valence-electron chi connectivity index (χ3n) is 3.60. The molecule has 5 heteroatoms. The molecule has 0 aliphatic rings. The van der Waals surface area contributed by atoms with Gasteiger partial charge in [-0.15, -0.1) is 0 Å². The van der Waals surface area contributed by atoms with Gasteiger partial charge in [0.1, 0.15) is 0 Å². The molecule has 1 aromatic heterocycles. The van der Waals surface area contributed by atoms with Crippen LogP contribution in [0, 0.1) is 0 Å². The van der Waals surface area contributed by atoms with Crippen molar-refractivity contribution in [1.82, 2.24) is 4.98 Å². The second kappa shape index (κ2) is 7.11. The van der Waals surface area contributed by atoms with E-state index in [0.717, 1.165) is 16.6 Å². The molecule has 1 heterocycles. The van der Waals surface area contributed by atoms with E-state index in [1.54, 1.807) is 24.3 Å². The van der Waals surface area contributed by atoms with Crippen LogP contribution in [0.2, 0.25) is 5.02 Å². The first-order chi connectivity index (χ1) is 11.2. The van der Waals surface area contributed by atoms with Gasteiger partial charge < -0.3 is 0 Å². The minimum absolute atomic E-state index is 0.174. The summed E-state index contributed by atoms with van der Waals surface area (Å²) in [7, 11) is 0. The number of carbonyl (C=O) groups excluding carboxylic acids is 1. The molecule has 0 saturated heterocycles. The number of nitrogens with zero attached hydrogens (tertiary/aromatic N) is 1. The van der Waals surface area contributed by atoms with E-state index in [2.05, 4.69) is 29.4 Å². The maximum atomic E-state index is 12.2. The summed E-state index contributed by atoms with van der Waals surface area (Å²) in [5, 5.41) is 4.09. The van der Waals surface area contributed by atoms with E-state index in [1.807, 2.05) is 6.07 Å². The van der Waals surface area contributed by atoms with Crippen LogP contribution in [0.15, 0.2) is 42.5 Å². The molecule has 0 aliphatic carbocycles. The van der Waals surface area contributed by atoms with Crippen LogP contribution in [0.25, 0.3) is 10.2 Å². The molecule has 0 spiro atoms. The summed E-state index contributed by atoms with van der Waals surface area (Å²) in [4.78, 5) is 16.7. The van der Waals surface area contributed by atoms with Crippen LogP contribution in [0.5, 0.6) is 0 Å². The summed E-state index contributed by atoms with van der Waals surface area (Å²) in [5.74, 6) is -0.174. The molecular weight excluding hydrogens is 328 g/mol. The van der Waals surface area contributed by atoms with Crippen LogP contribution in [0.3, 0.4) is 0 Å². The van der Waals surface area contributed by atoms with Gasteiger partial charge >= 0.3 is 0 Å². The molecule has 0 aliphatic heterocycles. The minimum atomic E-state index is -0.174. The van der Waals surface area contributed by atoms with Crippen LogP contribution in [-0.4, -0.2) is 10.9 Å². The van der Waals surface area contributed by atoms with E-state index in [-0.39, 0.29) is 5.91 Å². The molecule has 1 N–H and O–H groups in total. The zero-order chi connectivity index (χ0) is 16.2. The van der Waals surface area contributed by atoms with Gasteiger partial charge in [-0.25, -0.2) is 4.98 Å². The SMILES string of the molecule is CCCCc1ccc2nc(NC(=O)c3ccc(Cl)cc3)sc2c1. The van der Waals surface area contributed by atoms with Crippen LogP contribution in [0.4, 0.5) is 5.13 Å². The highest BCUT2D eigenvalue weighted by Gasteiger charge is 2.10. The van der Waals surface area contributed by atoms with E-state index in [1.165, 1.54) is 29.7 Å². The monoisotopic (exact) mass is 344 g/mol. The second-order valence-electron chi connectivity index (χ2n) is 5.39. The highest BCUT2D eigenvalue weighted by molar-refractivity contribution is 7.22. The molecule has 3 rings (SSSR count). The Labute approximate surface area is 144 Å². The number of unbranched alkanes of at least 4 members (excludes halogenated alkanes) is 1. The predicted octanol–water partition coefficient (Wildman–Crippen LogP) is 5.54. The predicted molar refractivity (Wildman–Crippen MR) is 97.6 cm³/mol. The quantitative estimate of drug-likeness (QED) is 0.659. The Balaban J connectivity index is 1.77.